The van der Waals surface area contributed by atoms with Crippen LogP contribution in [0.2, 0.25) is 0 Å². The van der Waals surface area contributed by atoms with Gasteiger partial charge in [-0.15, -0.1) is 0 Å². The van der Waals surface area contributed by atoms with Gasteiger partial charge in [0.15, 0.2) is 6.61 Å². The first-order valence-corrected chi connectivity index (χ1v) is 9.77. The van der Waals surface area contributed by atoms with Crippen molar-refractivity contribution in [2.45, 2.75) is 72.3 Å². The van der Waals surface area contributed by atoms with Crippen molar-refractivity contribution in [2.75, 3.05) is 6.61 Å². The molecule has 2 aliphatic carbocycles. The van der Waals surface area contributed by atoms with E-state index in [1.54, 1.807) is 0 Å². The van der Waals surface area contributed by atoms with E-state index in [1.165, 1.54) is 19.3 Å². The van der Waals surface area contributed by atoms with Crippen LogP contribution in [-0.2, 0) is 14.3 Å². The average Bonchev–Trinajstić information content (AvgIpc) is 2.61. The van der Waals surface area contributed by atoms with E-state index in [4.69, 9.17) is 9.47 Å². The number of allylic oxidation sites excluding steroid dienone is 4. The third kappa shape index (κ3) is 6.72. The molecule has 0 aromatic rings. The van der Waals surface area contributed by atoms with Crippen molar-refractivity contribution in [3.8, 4) is 0 Å². The van der Waals surface area contributed by atoms with Crippen LogP contribution in [0.4, 0.5) is 0 Å². The first-order valence-electron chi connectivity index (χ1n) is 9.77. The van der Waals surface area contributed by atoms with Gasteiger partial charge in [-0.3, -0.25) is 0 Å². The van der Waals surface area contributed by atoms with Crippen LogP contribution in [0, 0.1) is 17.3 Å². The van der Waals surface area contributed by atoms with Crippen LogP contribution < -0.4 is 0 Å². The topological polar surface area (TPSA) is 35.5 Å². The second-order valence-electron chi connectivity index (χ2n) is 8.19. The van der Waals surface area contributed by atoms with Gasteiger partial charge in [0.1, 0.15) is 11.9 Å². The van der Waals surface area contributed by atoms with Crippen LogP contribution >= 0.6 is 0 Å². The Morgan fingerprint density at radius 3 is 2.76 bits per heavy atom. The molecule has 2 unspecified atom stereocenters. The molecule has 0 aliphatic heterocycles. The van der Waals surface area contributed by atoms with E-state index in [9.17, 15) is 4.79 Å². The van der Waals surface area contributed by atoms with E-state index in [1.807, 2.05) is 13.0 Å². The molecule has 0 amide bonds. The van der Waals surface area contributed by atoms with Gasteiger partial charge >= 0.3 is 5.97 Å². The molecule has 2 rings (SSSR count). The minimum absolute atomic E-state index is 0.0118. The van der Waals surface area contributed by atoms with Gasteiger partial charge in [0.25, 0.3) is 0 Å². The molecular weight excluding hydrogens is 312 g/mol. The lowest BCUT2D eigenvalue weighted by molar-refractivity contribution is -0.154. The van der Waals surface area contributed by atoms with Gasteiger partial charge < -0.3 is 9.47 Å². The van der Waals surface area contributed by atoms with Gasteiger partial charge in [-0.05, 0) is 62.5 Å². The van der Waals surface area contributed by atoms with Gasteiger partial charge in [0.2, 0.25) is 0 Å². The molecule has 25 heavy (non-hydrogen) atoms. The van der Waals surface area contributed by atoms with Crippen molar-refractivity contribution in [3.63, 3.8) is 0 Å². The number of esters is 1. The fraction of sp³-hybridized carbons (Fsp3) is 0.682. The van der Waals surface area contributed by atoms with E-state index in [0.717, 1.165) is 25.0 Å². The number of ether oxygens (including phenoxy) is 2. The molecule has 0 bridgehead atoms. The van der Waals surface area contributed by atoms with Crippen LogP contribution in [0.3, 0.4) is 0 Å². The Balaban J connectivity index is 1.70. The van der Waals surface area contributed by atoms with E-state index in [-0.39, 0.29) is 18.7 Å². The largest absolute Gasteiger partial charge is 0.482 e. The lowest BCUT2D eigenvalue weighted by Crippen LogP contribution is -2.26. The molecule has 0 N–H and O–H groups in total. The van der Waals surface area contributed by atoms with Gasteiger partial charge in [-0.2, -0.15) is 0 Å². The standard InChI is InChI=1S/C22H34O3/c1-5-22(3,4)15-18-11-13-20(14-12-18)24-16-21(23)25-17(2)19-9-7-6-8-10-19/h7,9,11,13-14,17-19H,5-6,8,10,12,15-16H2,1-4H3/t17?,18-,19?/m0/s1. The van der Waals surface area contributed by atoms with Gasteiger partial charge in [-0.25, -0.2) is 4.79 Å². The summed E-state index contributed by atoms with van der Waals surface area (Å²) in [6, 6.07) is 0. The molecule has 0 saturated heterocycles. The number of hydrogen-bond donors (Lipinski definition) is 0. The predicted octanol–water partition coefficient (Wildman–Crippen LogP) is 5.58. The Labute approximate surface area is 153 Å². The molecule has 0 spiro atoms. The Kier molecular flexibility index (Phi) is 7.34. The summed E-state index contributed by atoms with van der Waals surface area (Å²) in [4.78, 5) is 12.0. The van der Waals surface area contributed by atoms with Crippen LogP contribution in [0.25, 0.3) is 0 Å². The molecular formula is C22H34O3. The lowest BCUT2D eigenvalue weighted by Gasteiger charge is -2.28. The summed E-state index contributed by atoms with van der Waals surface area (Å²) < 4.78 is 11.1. The first kappa shape index (κ1) is 19.8. The zero-order valence-corrected chi connectivity index (χ0v) is 16.3. The third-order valence-corrected chi connectivity index (χ3v) is 5.49. The Morgan fingerprint density at radius 1 is 1.36 bits per heavy atom. The van der Waals surface area contributed by atoms with E-state index >= 15 is 0 Å². The molecule has 3 atom stereocenters. The second-order valence-corrected chi connectivity index (χ2v) is 8.19. The summed E-state index contributed by atoms with van der Waals surface area (Å²) in [5.41, 5.74) is 0.370. The number of carbonyl (C=O) groups excluding carboxylic acids is 1. The van der Waals surface area contributed by atoms with Crippen LogP contribution in [0.15, 0.2) is 36.1 Å². The maximum absolute atomic E-state index is 12.0. The number of rotatable bonds is 8. The Hall–Kier alpha value is -1.51. The van der Waals surface area contributed by atoms with Crippen molar-refractivity contribution in [3.05, 3.63) is 36.1 Å². The van der Waals surface area contributed by atoms with Crippen LogP contribution in [0.5, 0.6) is 0 Å². The fourth-order valence-corrected chi connectivity index (χ4v) is 3.46. The summed E-state index contributed by atoms with van der Waals surface area (Å²) in [6.45, 7) is 8.83. The quantitative estimate of drug-likeness (QED) is 0.425. The molecule has 0 aromatic heterocycles. The minimum Gasteiger partial charge on any atom is -0.482 e. The van der Waals surface area contributed by atoms with Crippen molar-refractivity contribution in [1.82, 2.24) is 0 Å². The molecule has 0 aromatic carbocycles. The highest BCUT2D eigenvalue weighted by atomic mass is 16.6. The molecule has 0 radical (unpaired) electrons. The number of carbonyl (C=O) groups is 1. The summed E-state index contributed by atoms with van der Waals surface area (Å²) >= 11 is 0. The molecule has 3 nitrogen and oxygen atoms in total. The Bertz CT molecular complexity index is 527. The van der Waals surface area contributed by atoms with Crippen molar-refractivity contribution < 1.29 is 14.3 Å². The number of hydrogen-bond acceptors (Lipinski definition) is 3. The highest BCUT2D eigenvalue weighted by molar-refractivity contribution is 5.71. The van der Waals surface area contributed by atoms with Crippen LogP contribution in [-0.4, -0.2) is 18.7 Å². The smallest absolute Gasteiger partial charge is 0.344 e. The molecule has 0 heterocycles. The lowest BCUT2D eigenvalue weighted by atomic mass is 9.78. The molecule has 2 aliphatic rings. The normalized spacial score (nSPS) is 24.6. The molecule has 0 saturated carbocycles. The Morgan fingerprint density at radius 2 is 2.16 bits per heavy atom. The maximum Gasteiger partial charge on any atom is 0.344 e. The minimum atomic E-state index is -0.282. The van der Waals surface area contributed by atoms with Gasteiger partial charge in [0.05, 0.1) is 0 Å². The van der Waals surface area contributed by atoms with Crippen molar-refractivity contribution in [1.29, 1.82) is 0 Å². The highest BCUT2D eigenvalue weighted by Crippen LogP contribution is 2.33. The van der Waals surface area contributed by atoms with Gasteiger partial charge in [-0.1, -0.05) is 45.4 Å². The van der Waals surface area contributed by atoms with Crippen LogP contribution in [0.1, 0.15) is 66.2 Å². The fourth-order valence-electron chi connectivity index (χ4n) is 3.46. The second kappa shape index (κ2) is 9.26. The van der Waals surface area contributed by atoms with E-state index in [0.29, 0.717) is 17.3 Å². The predicted molar refractivity (Wildman–Crippen MR) is 102 cm³/mol. The summed E-state index contributed by atoms with van der Waals surface area (Å²) in [5.74, 6) is 1.41. The van der Waals surface area contributed by atoms with E-state index in [2.05, 4.69) is 45.1 Å². The zero-order chi connectivity index (χ0) is 18.3. The average molecular weight is 347 g/mol. The first-order chi connectivity index (χ1) is 11.9. The third-order valence-electron chi connectivity index (χ3n) is 5.49. The summed E-state index contributed by atoms with van der Waals surface area (Å²) in [5, 5.41) is 0. The van der Waals surface area contributed by atoms with Crippen molar-refractivity contribution >= 4 is 5.97 Å². The molecule has 140 valence electrons. The maximum atomic E-state index is 12.0. The van der Waals surface area contributed by atoms with Crippen molar-refractivity contribution in [2.24, 2.45) is 17.3 Å². The zero-order valence-electron chi connectivity index (χ0n) is 16.3. The van der Waals surface area contributed by atoms with E-state index < -0.39 is 0 Å². The summed E-state index contributed by atoms with van der Waals surface area (Å²) in [6.07, 6.45) is 17.3. The summed E-state index contributed by atoms with van der Waals surface area (Å²) in [7, 11) is 0. The highest BCUT2D eigenvalue weighted by Gasteiger charge is 2.22. The molecule has 3 heteroatoms. The molecule has 0 fully saturated rings. The monoisotopic (exact) mass is 346 g/mol. The SMILES string of the molecule is CCC(C)(C)C[C@H]1C=CC(OCC(=O)OC(C)C2C=CCCC2)=CC1. The van der Waals surface area contributed by atoms with Gasteiger partial charge in [0, 0.05) is 5.92 Å².